The first kappa shape index (κ1) is 21.5. The minimum absolute atomic E-state index is 0.0550. The lowest BCUT2D eigenvalue weighted by molar-refractivity contribution is 0.0470. The van der Waals surface area contributed by atoms with E-state index >= 15 is 0 Å². The summed E-state index contributed by atoms with van der Waals surface area (Å²) in [4.78, 5) is 13.8. The molecule has 0 spiro atoms. The molecule has 1 heterocycles. The van der Waals surface area contributed by atoms with Crippen LogP contribution in [-0.2, 0) is 17.6 Å². The third-order valence-corrected chi connectivity index (χ3v) is 7.02. The molecule has 0 aromatic heterocycles. The fourth-order valence-electron chi connectivity index (χ4n) is 4.98. The lowest BCUT2D eigenvalue weighted by atomic mass is 9.72. The summed E-state index contributed by atoms with van der Waals surface area (Å²) in [7, 11) is 3.02. The SMILES string of the molecule is COC(=O)N1CC(c2ccc(OC)c(OC3Cc4ccccc4C3)c2)C(C)(C(C)O)C1. The first-order valence-corrected chi connectivity index (χ1v) is 10.8. The lowest BCUT2D eigenvalue weighted by Gasteiger charge is -2.33. The Morgan fingerprint density at radius 2 is 1.81 bits per heavy atom. The van der Waals surface area contributed by atoms with Crippen LogP contribution < -0.4 is 9.47 Å². The third-order valence-electron chi connectivity index (χ3n) is 7.02. The number of aliphatic hydroxyl groups is 1. The highest BCUT2D eigenvalue weighted by molar-refractivity contribution is 5.68. The number of methoxy groups -OCH3 is 2. The number of amides is 1. The van der Waals surface area contributed by atoms with Crippen molar-refractivity contribution in [2.45, 2.75) is 44.8 Å². The largest absolute Gasteiger partial charge is 0.493 e. The Morgan fingerprint density at radius 3 is 2.39 bits per heavy atom. The van der Waals surface area contributed by atoms with Gasteiger partial charge in [0.2, 0.25) is 0 Å². The van der Waals surface area contributed by atoms with Gasteiger partial charge < -0.3 is 24.2 Å². The summed E-state index contributed by atoms with van der Waals surface area (Å²) in [5, 5.41) is 10.6. The van der Waals surface area contributed by atoms with Gasteiger partial charge in [0.1, 0.15) is 6.10 Å². The molecule has 0 bridgehead atoms. The number of fused-ring (bicyclic) bond motifs is 1. The summed E-state index contributed by atoms with van der Waals surface area (Å²) < 4.78 is 16.9. The highest BCUT2D eigenvalue weighted by atomic mass is 16.5. The highest BCUT2D eigenvalue weighted by Gasteiger charge is 2.48. The van der Waals surface area contributed by atoms with Gasteiger partial charge in [0.15, 0.2) is 11.5 Å². The number of rotatable bonds is 5. The standard InChI is InChI=1S/C25H31NO5/c1-16(27)25(2)15-26(24(28)30-4)14-21(25)19-9-10-22(29-3)23(13-19)31-20-11-17-7-5-6-8-18(17)12-20/h5-10,13,16,20-21,27H,11-12,14-15H2,1-4H3. The van der Waals surface area contributed by atoms with E-state index in [-0.39, 0.29) is 18.1 Å². The van der Waals surface area contributed by atoms with Crippen molar-refractivity contribution in [3.05, 3.63) is 59.2 Å². The van der Waals surface area contributed by atoms with Gasteiger partial charge in [-0.05, 0) is 35.7 Å². The van der Waals surface area contributed by atoms with Crippen molar-refractivity contribution in [3.63, 3.8) is 0 Å². The molecule has 2 aromatic carbocycles. The van der Waals surface area contributed by atoms with E-state index in [1.54, 1.807) is 18.9 Å². The second-order valence-electron chi connectivity index (χ2n) is 8.91. The molecule has 1 N–H and O–H groups in total. The van der Waals surface area contributed by atoms with Crippen molar-refractivity contribution < 1.29 is 24.1 Å². The quantitative estimate of drug-likeness (QED) is 0.789. The number of likely N-dealkylation sites (tertiary alicyclic amines) is 1. The van der Waals surface area contributed by atoms with Gasteiger partial charge in [-0.2, -0.15) is 0 Å². The Kier molecular flexibility index (Phi) is 5.84. The van der Waals surface area contributed by atoms with E-state index in [0.29, 0.717) is 24.6 Å². The number of hydrogen-bond donors (Lipinski definition) is 1. The third kappa shape index (κ3) is 3.97. The van der Waals surface area contributed by atoms with Crippen molar-refractivity contribution in [2.24, 2.45) is 5.41 Å². The van der Waals surface area contributed by atoms with E-state index in [0.717, 1.165) is 18.4 Å². The zero-order chi connectivity index (χ0) is 22.2. The van der Waals surface area contributed by atoms with Crippen LogP contribution in [0.3, 0.4) is 0 Å². The molecule has 6 heteroatoms. The molecule has 2 aliphatic rings. The maximum Gasteiger partial charge on any atom is 0.409 e. The molecule has 1 amide bonds. The number of hydrogen-bond acceptors (Lipinski definition) is 5. The average molecular weight is 426 g/mol. The van der Waals surface area contributed by atoms with E-state index in [2.05, 4.69) is 24.3 Å². The summed E-state index contributed by atoms with van der Waals surface area (Å²) >= 11 is 0. The second-order valence-corrected chi connectivity index (χ2v) is 8.91. The van der Waals surface area contributed by atoms with Crippen LogP contribution in [0.5, 0.6) is 11.5 Å². The Hall–Kier alpha value is -2.73. The molecule has 0 radical (unpaired) electrons. The molecule has 1 saturated heterocycles. The molecule has 1 aliphatic heterocycles. The average Bonchev–Trinajstić information content (AvgIpc) is 3.34. The van der Waals surface area contributed by atoms with Crippen LogP contribution in [0.25, 0.3) is 0 Å². The minimum Gasteiger partial charge on any atom is -0.493 e. The van der Waals surface area contributed by atoms with Crippen molar-refractivity contribution in [3.8, 4) is 11.5 Å². The predicted octanol–water partition coefficient (Wildman–Crippen LogP) is 3.79. The van der Waals surface area contributed by atoms with E-state index in [1.807, 2.05) is 25.1 Å². The van der Waals surface area contributed by atoms with E-state index in [9.17, 15) is 9.90 Å². The van der Waals surface area contributed by atoms with E-state index < -0.39 is 11.5 Å². The van der Waals surface area contributed by atoms with Crippen LogP contribution >= 0.6 is 0 Å². The Labute approximate surface area is 183 Å². The summed E-state index contributed by atoms with van der Waals surface area (Å²) in [5.41, 5.74) is 3.17. The predicted molar refractivity (Wildman–Crippen MR) is 118 cm³/mol. The molecule has 3 unspecified atom stereocenters. The number of carbonyl (C=O) groups excluding carboxylic acids is 1. The van der Waals surface area contributed by atoms with Crippen LogP contribution in [0.15, 0.2) is 42.5 Å². The van der Waals surface area contributed by atoms with Gasteiger partial charge in [0, 0.05) is 37.3 Å². The maximum atomic E-state index is 12.2. The number of benzene rings is 2. The number of nitrogens with zero attached hydrogens (tertiary/aromatic N) is 1. The summed E-state index contributed by atoms with van der Waals surface area (Å²) in [6.07, 6.45) is 0.828. The van der Waals surface area contributed by atoms with Gasteiger partial charge in [-0.15, -0.1) is 0 Å². The zero-order valence-electron chi connectivity index (χ0n) is 18.6. The minimum atomic E-state index is -0.594. The maximum absolute atomic E-state index is 12.2. The zero-order valence-corrected chi connectivity index (χ0v) is 18.6. The molecule has 31 heavy (non-hydrogen) atoms. The summed E-state index contributed by atoms with van der Waals surface area (Å²) in [5.74, 6) is 1.32. The number of aliphatic hydroxyl groups excluding tert-OH is 1. The fraction of sp³-hybridized carbons (Fsp3) is 0.480. The first-order valence-electron chi connectivity index (χ1n) is 10.8. The molecule has 0 saturated carbocycles. The molecule has 166 valence electrons. The van der Waals surface area contributed by atoms with Crippen molar-refractivity contribution in [2.75, 3.05) is 27.3 Å². The Bertz CT molecular complexity index is 934. The van der Waals surface area contributed by atoms with Crippen molar-refractivity contribution in [1.82, 2.24) is 4.90 Å². The van der Waals surface area contributed by atoms with Crippen LogP contribution in [0.4, 0.5) is 4.79 Å². The first-order chi connectivity index (χ1) is 14.9. The molecule has 1 fully saturated rings. The Balaban J connectivity index is 1.61. The van der Waals surface area contributed by atoms with Gasteiger partial charge in [-0.1, -0.05) is 37.3 Å². The summed E-state index contributed by atoms with van der Waals surface area (Å²) in [6, 6.07) is 14.4. The van der Waals surface area contributed by atoms with Crippen molar-refractivity contribution in [1.29, 1.82) is 0 Å². The normalized spacial score (nSPS) is 24.0. The van der Waals surface area contributed by atoms with Crippen LogP contribution in [0.2, 0.25) is 0 Å². The lowest BCUT2D eigenvalue weighted by Crippen LogP contribution is -2.38. The molecule has 2 aromatic rings. The molecule has 1 aliphatic carbocycles. The van der Waals surface area contributed by atoms with Crippen LogP contribution in [0, 0.1) is 5.41 Å². The van der Waals surface area contributed by atoms with Crippen LogP contribution in [-0.4, -0.2) is 55.6 Å². The fourth-order valence-corrected chi connectivity index (χ4v) is 4.98. The van der Waals surface area contributed by atoms with E-state index in [4.69, 9.17) is 14.2 Å². The van der Waals surface area contributed by atoms with Crippen LogP contribution in [0.1, 0.15) is 36.5 Å². The second kappa shape index (κ2) is 8.42. The number of carbonyl (C=O) groups is 1. The Morgan fingerprint density at radius 1 is 1.13 bits per heavy atom. The highest BCUT2D eigenvalue weighted by Crippen LogP contribution is 2.47. The molecule has 3 atom stereocenters. The van der Waals surface area contributed by atoms with Crippen molar-refractivity contribution >= 4 is 6.09 Å². The van der Waals surface area contributed by atoms with E-state index in [1.165, 1.54) is 18.2 Å². The van der Waals surface area contributed by atoms with Gasteiger partial charge >= 0.3 is 6.09 Å². The smallest absolute Gasteiger partial charge is 0.409 e. The monoisotopic (exact) mass is 425 g/mol. The molecule has 6 nitrogen and oxygen atoms in total. The number of ether oxygens (including phenoxy) is 3. The topological polar surface area (TPSA) is 68.2 Å². The summed E-state index contributed by atoms with van der Waals surface area (Å²) in [6.45, 7) is 4.71. The molecular weight excluding hydrogens is 394 g/mol. The van der Waals surface area contributed by atoms with Gasteiger partial charge in [0.05, 0.1) is 20.3 Å². The molecule has 4 rings (SSSR count). The van der Waals surface area contributed by atoms with Gasteiger partial charge in [-0.25, -0.2) is 4.79 Å². The molecular formula is C25H31NO5. The van der Waals surface area contributed by atoms with Gasteiger partial charge in [-0.3, -0.25) is 0 Å². The van der Waals surface area contributed by atoms with Gasteiger partial charge in [0.25, 0.3) is 0 Å².